The van der Waals surface area contributed by atoms with Crippen LogP contribution in [-0.4, -0.2) is 34.8 Å². The maximum absolute atomic E-state index is 12.9. The number of carbonyl (C=O) groups excluding carboxylic acids is 2. The zero-order valence-corrected chi connectivity index (χ0v) is 14.5. The highest BCUT2D eigenvalue weighted by molar-refractivity contribution is 6.08. The molecule has 0 atom stereocenters. The molecule has 3 rings (SSSR count). The normalized spacial score (nSPS) is 14.7. The van der Waals surface area contributed by atoms with Crippen molar-refractivity contribution in [1.82, 2.24) is 9.88 Å². The van der Waals surface area contributed by atoms with Gasteiger partial charge in [0.1, 0.15) is 0 Å². The van der Waals surface area contributed by atoms with Crippen LogP contribution in [0, 0.1) is 6.92 Å². The molecule has 25 heavy (non-hydrogen) atoms. The fourth-order valence-electron chi connectivity index (χ4n) is 3.02. The predicted molar refractivity (Wildman–Crippen MR) is 97.7 cm³/mol. The highest BCUT2D eigenvalue weighted by Crippen LogP contribution is 2.20. The third kappa shape index (κ3) is 4.24. The lowest BCUT2D eigenvalue weighted by atomic mass is 10.1. The van der Waals surface area contributed by atoms with E-state index in [-0.39, 0.29) is 11.8 Å². The molecular formula is C20H23N3O2. The smallest absolute Gasteiger partial charge is 0.257 e. The van der Waals surface area contributed by atoms with Gasteiger partial charge in [-0.25, -0.2) is 0 Å². The minimum atomic E-state index is -0.261. The topological polar surface area (TPSA) is 62.3 Å². The number of nitrogens with zero attached hydrogens (tertiary/aromatic N) is 2. The lowest BCUT2D eigenvalue weighted by Crippen LogP contribution is -2.32. The largest absolute Gasteiger partial charge is 0.339 e. The number of pyridine rings is 1. The van der Waals surface area contributed by atoms with Crippen LogP contribution in [-0.2, 0) is 0 Å². The van der Waals surface area contributed by atoms with E-state index >= 15 is 0 Å². The van der Waals surface area contributed by atoms with E-state index in [1.807, 2.05) is 24.0 Å². The summed E-state index contributed by atoms with van der Waals surface area (Å²) in [5, 5.41) is 2.86. The molecule has 130 valence electrons. The van der Waals surface area contributed by atoms with Crippen LogP contribution in [0.2, 0.25) is 0 Å². The number of aryl methyl sites for hydroxylation is 1. The molecule has 1 N–H and O–H groups in total. The number of aromatic nitrogens is 1. The van der Waals surface area contributed by atoms with Crippen molar-refractivity contribution in [2.24, 2.45) is 0 Å². The van der Waals surface area contributed by atoms with Gasteiger partial charge in [-0.3, -0.25) is 14.6 Å². The molecule has 1 fully saturated rings. The summed E-state index contributed by atoms with van der Waals surface area (Å²) in [6, 6.07) is 10.7. The lowest BCUT2D eigenvalue weighted by molar-refractivity contribution is 0.0762. The van der Waals surface area contributed by atoms with Crippen LogP contribution in [0.5, 0.6) is 0 Å². The second kappa shape index (κ2) is 7.92. The summed E-state index contributed by atoms with van der Waals surface area (Å²) in [6.45, 7) is 3.43. The number of para-hydroxylation sites is 1. The number of nitrogens with one attached hydrogen (secondary N) is 1. The van der Waals surface area contributed by atoms with E-state index in [4.69, 9.17) is 0 Å². The van der Waals surface area contributed by atoms with Crippen molar-refractivity contribution in [3.05, 3.63) is 59.4 Å². The monoisotopic (exact) mass is 337 g/mol. The Balaban J connectivity index is 1.79. The molecule has 2 aromatic rings. The SMILES string of the molecule is Cc1ccc(C(=O)Nc2ccccc2C(=O)N2CCCCCC2)cn1. The van der Waals surface area contributed by atoms with Crippen molar-refractivity contribution in [1.29, 1.82) is 0 Å². The summed E-state index contributed by atoms with van der Waals surface area (Å²) in [5.41, 5.74) is 2.41. The Morgan fingerprint density at radius 1 is 1.00 bits per heavy atom. The van der Waals surface area contributed by atoms with Gasteiger partial charge >= 0.3 is 0 Å². The Morgan fingerprint density at radius 3 is 2.40 bits per heavy atom. The Bertz CT molecular complexity index is 748. The highest BCUT2D eigenvalue weighted by Gasteiger charge is 2.20. The molecule has 1 aliphatic rings. The van der Waals surface area contributed by atoms with Gasteiger partial charge in [0.15, 0.2) is 0 Å². The molecule has 1 aliphatic heterocycles. The molecule has 5 nitrogen and oxygen atoms in total. The standard InChI is InChI=1S/C20H23N3O2/c1-15-10-11-16(14-21-15)19(24)22-18-9-5-4-8-17(18)20(25)23-12-6-2-3-7-13-23/h4-5,8-11,14H,2-3,6-7,12-13H2,1H3,(H,22,24). The molecule has 0 aliphatic carbocycles. The summed E-state index contributed by atoms with van der Waals surface area (Å²) in [6.07, 6.45) is 5.96. The quantitative estimate of drug-likeness (QED) is 0.930. The first-order chi connectivity index (χ1) is 12.1. The maximum atomic E-state index is 12.9. The van der Waals surface area contributed by atoms with Gasteiger partial charge in [0.05, 0.1) is 16.8 Å². The lowest BCUT2D eigenvalue weighted by Gasteiger charge is -2.22. The van der Waals surface area contributed by atoms with Crippen LogP contribution < -0.4 is 5.32 Å². The number of hydrogen-bond donors (Lipinski definition) is 1. The molecule has 0 unspecified atom stereocenters. The van der Waals surface area contributed by atoms with E-state index < -0.39 is 0 Å². The van der Waals surface area contributed by atoms with Crippen LogP contribution >= 0.6 is 0 Å². The highest BCUT2D eigenvalue weighted by atomic mass is 16.2. The van der Waals surface area contributed by atoms with Crippen LogP contribution in [0.15, 0.2) is 42.6 Å². The number of likely N-dealkylation sites (tertiary alicyclic amines) is 1. The first-order valence-electron chi connectivity index (χ1n) is 8.77. The Morgan fingerprint density at radius 2 is 1.72 bits per heavy atom. The summed E-state index contributed by atoms with van der Waals surface area (Å²) in [7, 11) is 0. The number of amides is 2. The number of hydrogen-bond acceptors (Lipinski definition) is 3. The molecule has 1 saturated heterocycles. The molecule has 1 aromatic carbocycles. The summed E-state index contributed by atoms with van der Waals surface area (Å²) < 4.78 is 0. The Kier molecular flexibility index (Phi) is 5.43. The molecule has 1 aromatic heterocycles. The van der Waals surface area contributed by atoms with Gasteiger partial charge in [-0.1, -0.05) is 25.0 Å². The summed E-state index contributed by atoms with van der Waals surface area (Å²) in [4.78, 5) is 31.4. The summed E-state index contributed by atoms with van der Waals surface area (Å²) in [5.74, 6) is -0.275. The van der Waals surface area contributed by atoms with Crippen LogP contribution in [0.3, 0.4) is 0 Å². The van der Waals surface area contributed by atoms with Crippen molar-refractivity contribution in [3.8, 4) is 0 Å². The van der Waals surface area contributed by atoms with Crippen LogP contribution in [0.4, 0.5) is 5.69 Å². The number of carbonyl (C=O) groups is 2. The van der Waals surface area contributed by atoms with Crippen molar-refractivity contribution >= 4 is 17.5 Å². The summed E-state index contributed by atoms with van der Waals surface area (Å²) >= 11 is 0. The van der Waals surface area contributed by atoms with E-state index in [1.54, 1.807) is 30.5 Å². The third-order valence-corrected chi connectivity index (χ3v) is 4.47. The van der Waals surface area contributed by atoms with Gasteiger partial charge in [-0.15, -0.1) is 0 Å². The molecule has 5 heteroatoms. The second-order valence-corrected chi connectivity index (χ2v) is 6.39. The number of rotatable bonds is 3. The predicted octanol–water partition coefficient (Wildman–Crippen LogP) is 3.66. The van der Waals surface area contributed by atoms with Crippen molar-refractivity contribution in [3.63, 3.8) is 0 Å². The zero-order valence-electron chi connectivity index (χ0n) is 14.5. The average molecular weight is 337 g/mol. The molecule has 0 saturated carbocycles. The van der Waals surface area contributed by atoms with Gasteiger partial charge in [-0.2, -0.15) is 0 Å². The average Bonchev–Trinajstić information content (AvgIpc) is 2.91. The molecule has 0 bridgehead atoms. The minimum Gasteiger partial charge on any atom is -0.339 e. The number of benzene rings is 1. The van der Waals surface area contributed by atoms with E-state index in [0.29, 0.717) is 16.8 Å². The first-order valence-corrected chi connectivity index (χ1v) is 8.77. The van der Waals surface area contributed by atoms with Gasteiger partial charge < -0.3 is 10.2 Å². The Labute approximate surface area is 148 Å². The van der Waals surface area contributed by atoms with Crippen LogP contribution in [0.1, 0.15) is 52.1 Å². The fourth-order valence-corrected chi connectivity index (χ4v) is 3.02. The molecular weight excluding hydrogens is 314 g/mol. The first kappa shape index (κ1) is 17.1. The van der Waals surface area contributed by atoms with Gasteiger partial charge in [-0.05, 0) is 44.0 Å². The molecule has 2 amide bonds. The van der Waals surface area contributed by atoms with E-state index in [9.17, 15) is 9.59 Å². The fraction of sp³-hybridized carbons (Fsp3) is 0.350. The molecule has 0 spiro atoms. The van der Waals surface area contributed by atoms with Gasteiger partial charge in [0.2, 0.25) is 0 Å². The van der Waals surface area contributed by atoms with Crippen molar-refractivity contribution in [2.75, 3.05) is 18.4 Å². The van der Waals surface area contributed by atoms with Crippen molar-refractivity contribution in [2.45, 2.75) is 32.6 Å². The minimum absolute atomic E-state index is 0.0140. The molecule has 0 radical (unpaired) electrons. The van der Waals surface area contributed by atoms with E-state index in [0.717, 1.165) is 31.6 Å². The Hall–Kier alpha value is -2.69. The van der Waals surface area contributed by atoms with E-state index in [2.05, 4.69) is 10.3 Å². The third-order valence-electron chi connectivity index (χ3n) is 4.47. The van der Waals surface area contributed by atoms with Crippen LogP contribution in [0.25, 0.3) is 0 Å². The van der Waals surface area contributed by atoms with Gasteiger partial charge in [0.25, 0.3) is 11.8 Å². The number of anilines is 1. The molecule has 2 heterocycles. The maximum Gasteiger partial charge on any atom is 0.257 e. The zero-order chi connectivity index (χ0) is 17.6. The second-order valence-electron chi connectivity index (χ2n) is 6.39. The van der Waals surface area contributed by atoms with Crippen molar-refractivity contribution < 1.29 is 9.59 Å². The van der Waals surface area contributed by atoms with Gasteiger partial charge in [0, 0.05) is 25.0 Å². The van der Waals surface area contributed by atoms with E-state index in [1.165, 1.54) is 12.8 Å².